The summed E-state index contributed by atoms with van der Waals surface area (Å²) in [6.07, 6.45) is 3.56. The van der Waals surface area contributed by atoms with Crippen LogP contribution in [0.4, 0.5) is 0 Å². The fourth-order valence-electron chi connectivity index (χ4n) is 3.78. The lowest BCUT2D eigenvalue weighted by atomic mass is 9.95. The van der Waals surface area contributed by atoms with Gasteiger partial charge in [-0.05, 0) is 47.9 Å². The van der Waals surface area contributed by atoms with E-state index in [1.807, 2.05) is 36.4 Å². The molecule has 0 aliphatic heterocycles. The molecular formula is C27H31NO2. The Bertz CT molecular complexity index is 891. The minimum Gasteiger partial charge on any atom is -0.394 e. The topological polar surface area (TPSA) is 49.3 Å². The van der Waals surface area contributed by atoms with Gasteiger partial charge in [0.15, 0.2) is 0 Å². The molecule has 3 aromatic rings. The van der Waals surface area contributed by atoms with Crippen LogP contribution in [-0.2, 0) is 11.2 Å². The molecule has 3 aromatic carbocycles. The summed E-state index contributed by atoms with van der Waals surface area (Å²) in [6, 6.07) is 28.4. The van der Waals surface area contributed by atoms with E-state index >= 15 is 0 Å². The third-order valence-electron chi connectivity index (χ3n) is 5.64. The maximum Gasteiger partial charge on any atom is 0.223 e. The average Bonchev–Trinajstić information content (AvgIpc) is 2.81. The number of benzene rings is 3. The molecule has 0 bridgehead atoms. The van der Waals surface area contributed by atoms with Crippen molar-refractivity contribution in [3.63, 3.8) is 0 Å². The number of aliphatic hydroxyl groups is 1. The zero-order valence-electron chi connectivity index (χ0n) is 17.6. The zero-order valence-corrected chi connectivity index (χ0v) is 17.6. The molecule has 3 heteroatoms. The van der Waals surface area contributed by atoms with Crippen molar-refractivity contribution in [2.75, 3.05) is 6.61 Å². The number of hydrogen-bond acceptors (Lipinski definition) is 2. The van der Waals surface area contributed by atoms with Crippen LogP contribution in [0.25, 0.3) is 11.1 Å². The number of nitrogens with one attached hydrogen (secondary N) is 1. The second-order valence-electron chi connectivity index (χ2n) is 7.71. The van der Waals surface area contributed by atoms with Crippen molar-refractivity contribution in [3.05, 3.63) is 96.1 Å². The molecule has 30 heavy (non-hydrogen) atoms. The van der Waals surface area contributed by atoms with Gasteiger partial charge in [0, 0.05) is 5.92 Å². The Balaban J connectivity index is 1.50. The number of carbonyl (C=O) groups is 1. The van der Waals surface area contributed by atoms with Crippen molar-refractivity contribution >= 4 is 5.91 Å². The van der Waals surface area contributed by atoms with Crippen LogP contribution < -0.4 is 5.32 Å². The van der Waals surface area contributed by atoms with E-state index in [0.29, 0.717) is 0 Å². The molecule has 0 unspecified atom stereocenters. The molecule has 0 spiro atoms. The summed E-state index contributed by atoms with van der Waals surface area (Å²) in [5.74, 6) is -0.00816. The summed E-state index contributed by atoms with van der Waals surface area (Å²) in [7, 11) is 0. The number of hydrogen-bond donors (Lipinski definition) is 2. The highest BCUT2D eigenvalue weighted by atomic mass is 16.3. The van der Waals surface area contributed by atoms with Gasteiger partial charge < -0.3 is 10.4 Å². The van der Waals surface area contributed by atoms with Crippen molar-refractivity contribution in [1.82, 2.24) is 5.32 Å². The third kappa shape index (κ3) is 6.04. The Morgan fingerprint density at radius 2 is 1.47 bits per heavy atom. The van der Waals surface area contributed by atoms with Gasteiger partial charge in [0.1, 0.15) is 0 Å². The van der Waals surface area contributed by atoms with Crippen LogP contribution in [0.15, 0.2) is 84.9 Å². The van der Waals surface area contributed by atoms with Crippen molar-refractivity contribution in [3.8, 4) is 11.1 Å². The van der Waals surface area contributed by atoms with Crippen LogP contribution in [0.1, 0.15) is 43.4 Å². The Morgan fingerprint density at radius 3 is 2.07 bits per heavy atom. The first kappa shape index (κ1) is 21.8. The minimum absolute atomic E-state index is 0.0276. The van der Waals surface area contributed by atoms with Gasteiger partial charge >= 0.3 is 0 Å². The lowest BCUT2D eigenvalue weighted by molar-refractivity contribution is -0.126. The first-order chi connectivity index (χ1) is 14.7. The second-order valence-corrected chi connectivity index (χ2v) is 7.71. The van der Waals surface area contributed by atoms with Gasteiger partial charge in [-0.3, -0.25) is 4.79 Å². The van der Waals surface area contributed by atoms with Crippen LogP contribution in [-0.4, -0.2) is 17.6 Å². The first-order valence-electron chi connectivity index (χ1n) is 10.8. The SMILES string of the molecule is CC[C@H](CCCc1ccc(-c2ccccc2)cc1)C(=O)N[C@H](CO)c1ccccc1. The monoisotopic (exact) mass is 401 g/mol. The second kappa shape index (κ2) is 11.3. The lowest BCUT2D eigenvalue weighted by Gasteiger charge is -2.21. The van der Waals surface area contributed by atoms with E-state index in [1.165, 1.54) is 16.7 Å². The third-order valence-corrected chi connectivity index (χ3v) is 5.64. The van der Waals surface area contributed by atoms with E-state index in [-0.39, 0.29) is 24.5 Å². The smallest absolute Gasteiger partial charge is 0.223 e. The standard InChI is InChI=1S/C27H31NO2/c1-2-22(27(30)28-26(20-29)25-13-7-4-8-14-25)15-9-10-21-16-18-24(19-17-21)23-11-5-3-6-12-23/h3-8,11-14,16-19,22,26,29H,2,9-10,15,20H2,1H3,(H,28,30)/t22-,26-/m1/s1. The van der Waals surface area contributed by atoms with E-state index in [4.69, 9.17) is 0 Å². The Labute approximate surface area is 179 Å². The van der Waals surface area contributed by atoms with Crippen LogP contribution in [0.3, 0.4) is 0 Å². The first-order valence-corrected chi connectivity index (χ1v) is 10.8. The van der Waals surface area contributed by atoms with Crippen LogP contribution in [0.2, 0.25) is 0 Å². The molecule has 3 rings (SSSR count). The number of amides is 1. The maximum atomic E-state index is 12.7. The molecule has 0 fully saturated rings. The van der Waals surface area contributed by atoms with Crippen LogP contribution in [0, 0.1) is 5.92 Å². The van der Waals surface area contributed by atoms with Crippen LogP contribution in [0.5, 0.6) is 0 Å². The van der Waals surface area contributed by atoms with Gasteiger partial charge in [-0.1, -0.05) is 91.9 Å². The highest BCUT2D eigenvalue weighted by Crippen LogP contribution is 2.21. The molecule has 0 aromatic heterocycles. The Hall–Kier alpha value is -2.91. The van der Waals surface area contributed by atoms with E-state index in [2.05, 4.69) is 60.8 Å². The van der Waals surface area contributed by atoms with Gasteiger partial charge in [-0.2, -0.15) is 0 Å². The normalized spacial score (nSPS) is 12.9. The molecule has 0 radical (unpaired) electrons. The summed E-state index contributed by atoms with van der Waals surface area (Å²) in [6.45, 7) is 1.95. The van der Waals surface area contributed by atoms with Crippen LogP contribution >= 0.6 is 0 Å². The summed E-state index contributed by atoms with van der Waals surface area (Å²) >= 11 is 0. The predicted octanol–water partition coefficient (Wildman–Crippen LogP) is 5.55. The highest BCUT2D eigenvalue weighted by molar-refractivity contribution is 5.79. The van der Waals surface area contributed by atoms with Gasteiger partial charge in [-0.15, -0.1) is 0 Å². The van der Waals surface area contributed by atoms with E-state index in [9.17, 15) is 9.90 Å². The molecule has 1 amide bonds. The minimum atomic E-state index is -0.349. The summed E-state index contributed by atoms with van der Waals surface area (Å²) in [5.41, 5.74) is 4.67. The van der Waals surface area contributed by atoms with E-state index < -0.39 is 0 Å². The molecule has 2 N–H and O–H groups in total. The van der Waals surface area contributed by atoms with Crippen molar-refractivity contribution in [1.29, 1.82) is 0 Å². The van der Waals surface area contributed by atoms with Crippen molar-refractivity contribution in [2.45, 2.75) is 38.6 Å². The quantitative estimate of drug-likeness (QED) is 0.468. The number of aliphatic hydroxyl groups excluding tert-OH is 1. The van der Waals surface area contributed by atoms with Crippen molar-refractivity contribution < 1.29 is 9.90 Å². The molecule has 0 heterocycles. The van der Waals surface area contributed by atoms with Gasteiger partial charge in [0.25, 0.3) is 0 Å². The van der Waals surface area contributed by atoms with E-state index in [0.717, 1.165) is 31.2 Å². The Morgan fingerprint density at radius 1 is 0.867 bits per heavy atom. The summed E-state index contributed by atoms with van der Waals surface area (Å²) in [4.78, 5) is 12.7. The Kier molecular flexibility index (Phi) is 8.22. The maximum absolute atomic E-state index is 12.7. The number of carbonyl (C=O) groups excluding carboxylic acids is 1. The molecule has 0 aliphatic carbocycles. The van der Waals surface area contributed by atoms with Gasteiger partial charge in [0.05, 0.1) is 12.6 Å². The summed E-state index contributed by atoms with van der Waals surface area (Å²) in [5, 5.41) is 12.7. The van der Waals surface area contributed by atoms with Gasteiger partial charge in [0.2, 0.25) is 5.91 Å². The average molecular weight is 402 g/mol. The molecule has 0 saturated heterocycles. The fourth-order valence-corrected chi connectivity index (χ4v) is 3.78. The van der Waals surface area contributed by atoms with Crippen molar-refractivity contribution in [2.24, 2.45) is 5.92 Å². The van der Waals surface area contributed by atoms with Gasteiger partial charge in [-0.25, -0.2) is 0 Å². The molecule has 0 saturated carbocycles. The zero-order chi connectivity index (χ0) is 21.2. The molecule has 156 valence electrons. The summed E-state index contributed by atoms with van der Waals surface area (Å²) < 4.78 is 0. The highest BCUT2D eigenvalue weighted by Gasteiger charge is 2.20. The molecule has 3 nitrogen and oxygen atoms in total. The largest absolute Gasteiger partial charge is 0.394 e. The number of rotatable bonds is 10. The molecular weight excluding hydrogens is 370 g/mol. The van der Waals surface area contributed by atoms with E-state index in [1.54, 1.807) is 0 Å². The molecule has 2 atom stereocenters. The lowest BCUT2D eigenvalue weighted by Crippen LogP contribution is -2.35. The number of aryl methyl sites for hydroxylation is 1. The predicted molar refractivity (Wildman–Crippen MR) is 123 cm³/mol. The molecule has 0 aliphatic rings. The fraction of sp³-hybridized carbons (Fsp3) is 0.296.